The van der Waals surface area contributed by atoms with E-state index in [9.17, 15) is 0 Å². The first-order valence-corrected chi connectivity index (χ1v) is 7.77. The average Bonchev–Trinajstić information content (AvgIpc) is 2.60. The van der Waals surface area contributed by atoms with Gasteiger partial charge in [-0.15, -0.1) is 0 Å². The molecule has 1 saturated heterocycles. The Morgan fingerprint density at radius 2 is 1.65 bits per heavy atom. The highest BCUT2D eigenvalue weighted by atomic mass is 15.2. The summed E-state index contributed by atoms with van der Waals surface area (Å²) >= 11 is 0. The Morgan fingerprint density at radius 3 is 2.29 bits per heavy atom. The molecule has 0 radical (unpaired) electrons. The summed E-state index contributed by atoms with van der Waals surface area (Å²) in [4.78, 5) is 2.74. The molecule has 0 bridgehead atoms. The van der Waals surface area contributed by atoms with Crippen LogP contribution in [0.5, 0.6) is 0 Å². The van der Waals surface area contributed by atoms with Crippen LogP contribution in [0, 0.1) is 5.92 Å². The molecule has 2 aliphatic rings. The molecule has 0 amide bonds. The van der Waals surface area contributed by atoms with Crippen molar-refractivity contribution in [1.82, 2.24) is 4.90 Å². The molecule has 0 aromatic rings. The van der Waals surface area contributed by atoms with Crippen molar-refractivity contribution in [1.29, 1.82) is 0 Å². The van der Waals surface area contributed by atoms with E-state index in [2.05, 4.69) is 11.8 Å². The lowest BCUT2D eigenvalue weighted by Crippen LogP contribution is -2.50. The Bertz CT molecular complexity index is 209. The summed E-state index contributed by atoms with van der Waals surface area (Å²) in [6.07, 6.45) is 12.8. The number of likely N-dealkylation sites (tertiary alicyclic amines) is 1. The van der Waals surface area contributed by atoms with E-state index in [0.29, 0.717) is 6.04 Å². The normalized spacial score (nSPS) is 33.5. The second kappa shape index (κ2) is 6.75. The van der Waals surface area contributed by atoms with Crippen molar-refractivity contribution in [2.75, 3.05) is 13.1 Å². The summed E-state index contributed by atoms with van der Waals surface area (Å²) in [6.45, 7) is 4.58. The first-order chi connectivity index (χ1) is 8.31. The van der Waals surface area contributed by atoms with E-state index in [-0.39, 0.29) is 0 Å². The number of rotatable bonds is 3. The summed E-state index contributed by atoms with van der Waals surface area (Å²) in [7, 11) is 0. The molecule has 1 saturated carbocycles. The molecule has 17 heavy (non-hydrogen) atoms. The van der Waals surface area contributed by atoms with Crippen LogP contribution in [0.1, 0.15) is 64.7 Å². The van der Waals surface area contributed by atoms with Gasteiger partial charge in [-0.2, -0.15) is 0 Å². The van der Waals surface area contributed by atoms with Crippen molar-refractivity contribution in [3.05, 3.63) is 0 Å². The van der Waals surface area contributed by atoms with Gasteiger partial charge in [-0.25, -0.2) is 0 Å². The number of piperidine rings is 1. The lowest BCUT2D eigenvalue weighted by Gasteiger charge is -2.42. The van der Waals surface area contributed by atoms with Crippen LogP contribution in [-0.2, 0) is 0 Å². The second-order valence-electron chi connectivity index (χ2n) is 6.22. The van der Waals surface area contributed by atoms with Gasteiger partial charge < -0.3 is 5.73 Å². The van der Waals surface area contributed by atoms with Crippen molar-refractivity contribution in [3.8, 4) is 0 Å². The third-order valence-corrected chi connectivity index (χ3v) is 4.91. The molecule has 2 unspecified atom stereocenters. The van der Waals surface area contributed by atoms with Gasteiger partial charge >= 0.3 is 0 Å². The smallest absolute Gasteiger partial charge is 0.0221 e. The summed E-state index contributed by atoms with van der Waals surface area (Å²) in [5.41, 5.74) is 5.95. The van der Waals surface area contributed by atoms with Gasteiger partial charge in [0.2, 0.25) is 0 Å². The van der Waals surface area contributed by atoms with Crippen LogP contribution < -0.4 is 5.73 Å². The van der Waals surface area contributed by atoms with E-state index in [1.807, 2.05) is 0 Å². The van der Waals surface area contributed by atoms with E-state index < -0.39 is 0 Å². The van der Waals surface area contributed by atoms with Crippen LogP contribution >= 0.6 is 0 Å². The minimum absolute atomic E-state index is 0.669. The Labute approximate surface area is 107 Å². The Balaban J connectivity index is 1.89. The van der Waals surface area contributed by atoms with Crippen LogP contribution in [0.4, 0.5) is 0 Å². The highest BCUT2D eigenvalue weighted by Crippen LogP contribution is 2.28. The van der Waals surface area contributed by atoms with Gasteiger partial charge in [0, 0.05) is 25.2 Å². The standard InChI is InChI=1S/C15H30N2/c1-13-7-6-10-15(11-16)17(13)12-14-8-4-2-3-5-9-14/h13-15H,2-12,16H2,1H3. The SMILES string of the molecule is CC1CCCC(CN)N1CC1CCCCCC1. The molecule has 1 aliphatic heterocycles. The van der Waals surface area contributed by atoms with E-state index in [0.717, 1.165) is 18.5 Å². The fraction of sp³-hybridized carbons (Fsp3) is 1.00. The quantitative estimate of drug-likeness (QED) is 0.765. The summed E-state index contributed by atoms with van der Waals surface area (Å²) < 4.78 is 0. The molecule has 0 aromatic carbocycles. The van der Waals surface area contributed by atoms with Gasteiger partial charge in [0.05, 0.1) is 0 Å². The first-order valence-electron chi connectivity index (χ1n) is 7.77. The zero-order chi connectivity index (χ0) is 12.1. The summed E-state index contributed by atoms with van der Waals surface area (Å²) in [6, 6.07) is 1.43. The van der Waals surface area contributed by atoms with E-state index in [1.54, 1.807) is 0 Å². The van der Waals surface area contributed by atoms with Gasteiger partial charge in [-0.05, 0) is 38.5 Å². The minimum Gasteiger partial charge on any atom is -0.329 e. The Morgan fingerprint density at radius 1 is 0.941 bits per heavy atom. The molecule has 1 heterocycles. The Hall–Kier alpha value is -0.0800. The maximum absolute atomic E-state index is 5.95. The predicted molar refractivity (Wildman–Crippen MR) is 74.1 cm³/mol. The van der Waals surface area contributed by atoms with E-state index in [1.165, 1.54) is 64.3 Å². The zero-order valence-corrected chi connectivity index (χ0v) is 11.5. The zero-order valence-electron chi connectivity index (χ0n) is 11.5. The monoisotopic (exact) mass is 238 g/mol. The molecular weight excluding hydrogens is 208 g/mol. The fourth-order valence-electron chi connectivity index (χ4n) is 3.77. The fourth-order valence-corrected chi connectivity index (χ4v) is 3.77. The molecule has 2 fully saturated rings. The van der Waals surface area contributed by atoms with Gasteiger partial charge in [-0.1, -0.05) is 32.1 Å². The van der Waals surface area contributed by atoms with Crippen LogP contribution in [0.2, 0.25) is 0 Å². The molecule has 2 rings (SSSR count). The van der Waals surface area contributed by atoms with Crippen LogP contribution in [0.25, 0.3) is 0 Å². The molecule has 1 aliphatic carbocycles. The first kappa shape index (κ1) is 13.4. The van der Waals surface area contributed by atoms with Crippen molar-refractivity contribution >= 4 is 0 Å². The number of hydrogen-bond acceptors (Lipinski definition) is 2. The molecule has 2 atom stereocenters. The van der Waals surface area contributed by atoms with Crippen LogP contribution in [-0.4, -0.2) is 30.1 Å². The third-order valence-electron chi connectivity index (χ3n) is 4.91. The number of hydrogen-bond donors (Lipinski definition) is 1. The highest BCUT2D eigenvalue weighted by Gasteiger charge is 2.28. The molecule has 2 nitrogen and oxygen atoms in total. The predicted octanol–water partition coefficient (Wildman–Crippen LogP) is 3.16. The molecule has 0 aromatic heterocycles. The molecule has 0 spiro atoms. The number of nitrogens with two attached hydrogens (primary N) is 1. The third kappa shape index (κ3) is 3.69. The van der Waals surface area contributed by atoms with Gasteiger partial charge in [0.1, 0.15) is 0 Å². The van der Waals surface area contributed by atoms with E-state index >= 15 is 0 Å². The van der Waals surface area contributed by atoms with Crippen molar-refractivity contribution in [2.24, 2.45) is 11.7 Å². The van der Waals surface area contributed by atoms with Crippen molar-refractivity contribution < 1.29 is 0 Å². The summed E-state index contributed by atoms with van der Waals surface area (Å²) in [5.74, 6) is 0.951. The largest absolute Gasteiger partial charge is 0.329 e. The maximum Gasteiger partial charge on any atom is 0.0221 e. The topological polar surface area (TPSA) is 29.3 Å². The van der Waals surface area contributed by atoms with Crippen LogP contribution in [0.15, 0.2) is 0 Å². The molecular formula is C15H30N2. The number of nitrogens with zero attached hydrogens (tertiary/aromatic N) is 1. The lowest BCUT2D eigenvalue weighted by atomic mass is 9.92. The van der Waals surface area contributed by atoms with Gasteiger partial charge in [-0.3, -0.25) is 4.90 Å². The molecule has 2 N–H and O–H groups in total. The van der Waals surface area contributed by atoms with Crippen LogP contribution in [0.3, 0.4) is 0 Å². The van der Waals surface area contributed by atoms with E-state index in [4.69, 9.17) is 5.73 Å². The van der Waals surface area contributed by atoms with Crippen molar-refractivity contribution in [2.45, 2.75) is 76.8 Å². The van der Waals surface area contributed by atoms with Gasteiger partial charge in [0.15, 0.2) is 0 Å². The van der Waals surface area contributed by atoms with Gasteiger partial charge in [0.25, 0.3) is 0 Å². The highest BCUT2D eigenvalue weighted by molar-refractivity contribution is 4.84. The molecule has 100 valence electrons. The molecule has 2 heteroatoms. The summed E-state index contributed by atoms with van der Waals surface area (Å²) in [5, 5.41) is 0. The second-order valence-corrected chi connectivity index (χ2v) is 6.22. The maximum atomic E-state index is 5.95. The Kier molecular flexibility index (Phi) is 5.30. The van der Waals surface area contributed by atoms with Crippen molar-refractivity contribution in [3.63, 3.8) is 0 Å². The average molecular weight is 238 g/mol. The minimum atomic E-state index is 0.669. The lowest BCUT2D eigenvalue weighted by molar-refractivity contribution is 0.0753.